The van der Waals surface area contributed by atoms with Crippen LogP contribution in [0.2, 0.25) is 0 Å². The molecule has 2 amide bonds. The SMILES string of the molecule is C=C(C)C[C@H](NC(=O)c1cc(C(=O)N(CCC)CCC)cc(-c2ncco2)c1)[C@H](O)CNC1(c2cccc(CC)c2)CC1.C=C(F)/C=C(\C)F. The largest absolute Gasteiger partial charge is 0.445 e. The smallest absolute Gasteiger partial charge is 0.253 e. The maximum atomic E-state index is 13.7. The second-order valence-electron chi connectivity index (χ2n) is 12.9. The molecule has 3 aromatic rings. The normalized spacial score (nSPS) is 14.5. The average molecular weight is 691 g/mol. The summed E-state index contributed by atoms with van der Waals surface area (Å²) in [5, 5.41) is 17.9. The highest BCUT2D eigenvalue weighted by molar-refractivity contribution is 6.01. The monoisotopic (exact) mass is 690 g/mol. The zero-order valence-corrected chi connectivity index (χ0v) is 30.0. The maximum Gasteiger partial charge on any atom is 0.253 e. The molecule has 8 nitrogen and oxygen atoms in total. The Morgan fingerprint density at radius 2 is 1.74 bits per heavy atom. The number of nitrogens with one attached hydrogen (secondary N) is 2. The number of carbonyl (C=O) groups is 2. The minimum atomic E-state index is -0.854. The molecule has 4 rings (SSSR count). The number of rotatable bonds is 17. The van der Waals surface area contributed by atoms with Crippen molar-refractivity contribution >= 4 is 11.8 Å². The Morgan fingerprint density at radius 1 is 1.06 bits per heavy atom. The van der Waals surface area contributed by atoms with Crippen LogP contribution in [0.1, 0.15) is 98.6 Å². The molecule has 1 fully saturated rings. The van der Waals surface area contributed by atoms with Gasteiger partial charge in [-0.2, -0.15) is 0 Å². The van der Waals surface area contributed by atoms with Gasteiger partial charge in [0.25, 0.3) is 11.8 Å². The van der Waals surface area contributed by atoms with Crippen molar-refractivity contribution in [1.29, 1.82) is 0 Å². The lowest BCUT2D eigenvalue weighted by atomic mass is 9.98. The van der Waals surface area contributed by atoms with E-state index >= 15 is 0 Å². The molecule has 1 aromatic heterocycles. The number of amides is 2. The van der Waals surface area contributed by atoms with Crippen molar-refractivity contribution in [1.82, 2.24) is 20.5 Å². The molecule has 1 saturated carbocycles. The topological polar surface area (TPSA) is 108 Å². The molecule has 0 unspecified atom stereocenters. The molecule has 0 spiro atoms. The molecule has 1 heterocycles. The van der Waals surface area contributed by atoms with E-state index in [0.717, 1.165) is 50.7 Å². The van der Waals surface area contributed by atoms with Crippen LogP contribution < -0.4 is 10.6 Å². The van der Waals surface area contributed by atoms with Gasteiger partial charge in [-0.05, 0) is 81.7 Å². The highest BCUT2D eigenvalue weighted by atomic mass is 19.1. The summed E-state index contributed by atoms with van der Waals surface area (Å²) in [5.41, 5.74) is 4.46. The Kier molecular flexibility index (Phi) is 15.3. The fourth-order valence-electron chi connectivity index (χ4n) is 5.76. The van der Waals surface area contributed by atoms with Gasteiger partial charge in [0.2, 0.25) is 5.89 Å². The van der Waals surface area contributed by atoms with Gasteiger partial charge in [-0.1, -0.05) is 57.2 Å². The van der Waals surface area contributed by atoms with Crippen LogP contribution >= 0.6 is 0 Å². The minimum Gasteiger partial charge on any atom is -0.445 e. The molecule has 3 N–H and O–H groups in total. The fourth-order valence-corrected chi connectivity index (χ4v) is 5.76. The third-order valence-corrected chi connectivity index (χ3v) is 8.39. The summed E-state index contributed by atoms with van der Waals surface area (Å²) in [4.78, 5) is 33.3. The number of aryl methyl sites for hydroxylation is 1. The lowest BCUT2D eigenvalue weighted by Gasteiger charge is -2.27. The van der Waals surface area contributed by atoms with Gasteiger partial charge in [-0.3, -0.25) is 9.59 Å². The van der Waals surface area contributed by atoms with Crippen LogP contribution in [0.25, 0.3) is 11.5 Å². The van der Waals surface area contributed by atoms with E-state index in [1.54, 1.807) is 23.1 Å². The zero-order valence-electron chi connectivity index (χ0n) is 30.0. The van der Waals surface area contributed by atoms with Gasteiger partial charge in [-0.25, -0.2) is 13.8 Å². The van der Waals surface area contributed by atoms with E-state index in [1.165, 1.54) is 23.6 Å². The third kappa shape index (κ3) is 11.9. The van der Waals surface area contributed by atoms with Crippen LogP contribution in [0.3, 0.4) is 0 Å². The molecule has 270 valence electrons. The number of oxazole rings is 1. The number of allylic oxidation sites excluding steroid dienone is 3. The number of halogens is 2. The maximum absolute atomic E-state index is 13.7. The van der Waals surface area contributed by atoms with Crippen molar-refractivity contribution < 1.29 is 27.9 Å². The van der Waals surface area contributed by atoms with Crippen molar-refractivity contribution in [2.75, 3.05) is 19.6 Å². The molecular weight excluding hydrogens is 638 g/mol. The summed E-state index contributed by atoms with van der Waals surface area (Å²) in [7, 11) is 0. The molecular formula is C40H52F2N4O4. The first-order chi connectivity index (χ1) is 23.8. The van der Waals surface area contributed by atoms with Crippen LogP contribution in [0.15, 0.2) is 95.8 Å². The summed E-state index contributed by atoms with van der Waals surface area (Å²) in [6, 6.07) is 13.0. The van der Waals surface area contributed by atoms with E-state index in [-0.39, 0.29) is 17.4 Å². The Balaban J connectivity index is 0.000000872. The van der Waals surface area contributed by atoms with E-state index in [1.807, 2.05) is 20.8 Å². The Labute approximate surface area is 295 Å². The van der Waals surface area contributed by atoms with E-state index in [2.05, 4.69) is 60.0 Å². The Bertz CT molecular complexity index is 1620. The van der Waals surface area contributed by atoms with Crippen LogP contribution in [0, 0.1) is 0 Å². The fraction of sp³-hybridized carbons (Fsp3) is 0.425. The van der Waals surface area contributed by atoms with Gasteiger partial charge in [0.15, 0.2) is 0 Å². The number of aromatic nitrogens is 1. The van der Waals surface area contributed by atoms with E-state index in [0.29, 0.717) is 48.6 Å². The first kappa shape index (κ1) is 40.0. The van der Waals surface area contributed by atoms with E-state index in [4.69, 9.17) is 4.42 Å². The van der Waals surface area contributed by atoms with Crippen molar-refractivity contribution in [3.05, 3.63) is 114 Å². The summed E-state index contributed by atoms with van der Waals surface area (Å²) >= 11 is 0. The molecule has 0 aliphatic heterocycles. The number of carbonyl (C=O) groups excluding carboxylic acids is 2. The third-order valence-electron chi connectivity index (χ3n) is 8.39. The summed E-state index contributed by atoms with van der Waals surface area (Å²) in [6.45, 7) is 17.7. The number of benzene rings is 2. The minimum absolute atomic E-state index is 0.143. The predicted molar refractivity (Wildman–Crippen MR) is 195 cm³/mol. The zero-order chi connectivity index (χ0) is 36.8. The second-order valence-corrected chi connectivity index (χ2v) is 12.9. The number of hydrogen-bond acceptors (Lipinski definition) is 6. The van der Waals surface area contributed by atoms with Gasteiger partial charge >= 0.3 is 0 Å². The Hall–Kier alpha value is -4.41. The molecule has 0 saturated heterocycles. The molecule has 50 heavy (non-hydrogen) atoms. The van der Waals surface area contributed by atoms with Crippen LogP contribution in [0.5, 0.6) is 0 Å². The number of nitrogens with zero attached hydrogens (tertiary/aromatic N) is 2. The lowest BCUT2D eigenvalue weighted by Crippen LogP contribution is -2.49. The average Bonchev–Trinajstić information content (AvgIpc) is 3.67. The summed E-state index contributed by atoms with van der Waals surface area (Å²) < 4.78 is 28.5. The van der Waals surface area contributed by atoms with Crippen molar-refractivity contribution in [2.45, 2.75) is 90.8 Å². The molecule has 2 aromatic carbocycles. The van der Waals surface area contributed by atoms with Crippen LogP contribution in [-0.2, 0) is 12.0 Å². The first-order valence-electron chi connectivity index (χ1n) is 17.3. The van der Waals surface area contributed by atoms with E-state index < -0.39 is 23.8 Å². The Morgan fingerprint density at radius 3 is 2.26 bits per heavy atom. The molecule has 2 atom stereocenters. The van der Waals surface area contributed by atoms with Gasteiger partial charge in [0, 0.05) is 47.9 Å². The van der Waals surface area contributed by atoms with Gasteiger partial charge in [-0.15, -0.1) is 6.58 Å². The predicted octanol–water partition coefficient (Wildman–Crippen LogP) is 8.21. The highest BCUT2D eigenvalue weighted by Crippen LogP contribution is 2.45. The van der Waals surface area contributed by atoms with Gasteiger partial charge in [0.05, 0.1) is 24.2 Å². The molecule has 1 aliphatic carbocycles. The van der Waals surface area contributed by atoms with Crippen molar-refractivity contribution in [3.63, 3.8) is 0 Å². The highest BCUT2D eigenvalue weighted by Gasteiger charge is 2.44. The van der Waals surface area contributed by atoms with Crippen LogP contribution in [0.4, 0.5) is 8.78 Å². The van der Waals surface area contributed by atoms with Crippen molar-refractivity contribution in [3.8, 4) is 11.5 Å². The number of aliphatic hydroxyl groups is 1. The second kappa shape index (κ2) is 19.1. The number of aliphatic hydroxyl groups excluding tert-OH is 1. The van der Waals surface area contributed by atoms with E-state index in [9.17, 15) is 23.5 Å². The van der Waals surface area contributed by atoms with Gasteiger partial charge in [0.1, 0.15) is 12.1 Å². The summed E-state index contributed by atoms with van der Waals surface area (Å²) in [5.74, 6) is -1.52. The molecule has 0 bridgehead atoms. The first-order valence-corrected chi connectivity index (χ1v) is 17.3. The standard InChI is InChI=1S/C35H46N4O4.C5H6F2/c1-6-15-39(16-7-2)34(42)28-21-26(20-27(22-28)33-36-14-17-43-33)32(41)38-30(18-24(4)5)31(40)23-37-35(12-13-35)29-11-9-10-25(8-3)19-29;1-4(6)3-5(2)7/h9-11,14,17,19-22,30-31,37,40H,4,6-8,12-13,15-16,18,23H2,1-3,5H3,(H,38,41);3H,1H2,2H3/b;5-3+/t30-,31+;/m0./s1. The van der Waals surface area contributed by atoms with Crippen molar-refractivity contribution in [2.24, 2.45) is 0 Å². The lowest BCUT2D eigenvalue weighted by molar-refractivity contribution is 0.0755. The number of hydrogen-bond donors (Lipinski definition) is 3. The van der Waals surface area contributed by atoms with Crippen LogP contribution in [-0.4, -0.2) is 58.6 Å². The quantitative estimate of drug-likeness (QED) is 0.0974. The van der Waals surface area contributed by atoms with Gasteiger partial charge < -0.3 is 25.1 Å². The molecule has 10 heteroatoms. The molecule has 0 radical (unpaired) electrons. The molecule has 1 aliphatic rings. The summed E-state index contributed by atoms with van der Waals surface area (Å²) in [6.07, 6.45) is 7.91.